The summed E-state index contributed by atoms with van der Waals surface area (Å²) < 4.78 is 6.19. The number of thiophene rings is 1. The number of carbonyl (C=O) groups is 1. The van der Waals surface area contributed by atoms with E-state index in [1.165, 1.54) is 0 Å². The van der Waals surface area contributed by atoms with Gasteiger partial charge in [-0.05, 0) is 42.1 Å². The Morgan fingerprint density at radius 3 is 2.83 bits per heavy atom. The van der Waals surface area contributed by atoms with Crippen LogP contribution in [0.1, 0.15) is 18.7 Å². The summed E-state index contributed by atoms with van der Waals surface area (Å²) in [4.78, 5) is 17.2. The minimum absolute atomic E-state index is 0.0229. The number of benzene rings is 1. The number of amides is 1. The van der Waals surface area contributed by atoms with Crippen LogP contribution >= 0.6 is 27.3 Å². The minimum atomic E-state index is -0.0229. The lowest BCUT2D eigenvalue weighted by Crippen LogP contribution is -2.11. The molecule has 23 heavy (non-hydrogen) atoms. The lowest BCUT2D eigenvalue weighted by Gasteiger charge is -2.04. The molecule has 0 atom stereocenters. The van der Waals surface area contributed by atoms with E-state index in [0.717, 1.165) is 15.0 Å². The molecular weight excluding hydrogens is 378 g/mol. The van der Waals surface area contributed by atoms with E-state index < -0.39 is 0 Å². The van der Waals surface area contributed by atoms with Crippen LogP contribution < -0.4 is 5.32 Å². The SMILES string of the molecule is O=C(CCCc1nc(-c2cccs2)no1)Nc1ccc(Br)cc1. The van der Waals surface area contributed by atoms with Gasteiger partial charge in [-0.3, -0.25) is 4.79 Å². The maximum atomic E-state index is 11.9. The lowest BCUT2D eigenvalue weighted by atomic mass is 10.2. The third-order valence-corrected chi connectivity index (χ3v) is 4.53. The van der Waals surface area contributed by atoms with Crippen molar-refractivity contribution in [2.45, 2.75) is 19.3 Å². The molecule has 0 unspecified atom stereocenters. The summed E-state index contributed by atoms with van der Waals surface area (Å²) in [6.07, 6.45) is 1.66. The van der Waals surface area contributed by atoms with Crippen LogP contribution in [-0.4, -0.2) is 16.0 Å². The third kappa shape index (κ3) is 4.49. The van der Waals surface area contributed by atoms with E-state index in [-0.39, 0.29) is 5.91 Å². The number of aromatic nitrogens is 2. The molecule has 2 heterocycles. The Bertz CT molecular complexity index is 769. The smallest absolute Gasteiger partial charge is 0.226 e. The van der Waals surface area contributed by atoms with Crippen molar-refractivity contribution in [1.29, 1.82) is 0 Å². The number of aryl methyl sites for hydroxylation is 1. The zero-order valence-electron chi connectivity index (χ0n) is 12.2. The Hall–Kier alpha value is -1.99. The van der Waals surface area contributed by atoms with Crippen LogP contribution in [0.5, 0.6) is 0 Å². The topological polar surface area (TPSA) is 68.0 Å². The summed E-state index contributed by atoms with van der Waals surface area (Å²) in [5, 5.41) is 8.78. The van der Waals surface area contributed by atoms with Crippen molar-refractivity contribution in [2.24, 2.45) is 0 Å². The van der Waals surface area contributed by atoms with Crippen molar-refractivity contribution in [1.82, 2.24) is 10.1 Å². The molecular formula is C16H14BrN3O2S. The Kier molecular flexibility index (Phi) is 5.19. The Labute approximate surface area is 145 Å². The van der Waals surface area contributed by atoms with Gasteiger partial charge < -0.3 is 9.84 Å². The average Bonchev–Trinajstić information content (AvgIpc) is 3.20. The van der Waals surface area contributed by atoms with Crippen LogP contribution in [0.4, 0.5) is 5.69 Å². The van der Waals surface area contributed by atoms with E-state index in [1.807, 2.05) is 41.8 Å². The fourth-order valence-electron chi connectivity index (χ4n) is 2.02. The molecule has 0 saturated heterocycles. The average molecular weight is 392 g/mol. The molecule has 0 aliphatic carbocycles. The van der Waals surface area contributed by atoms with Crippen molar-refractivity contribution < 1.29 is 9.32 Å². The first-order valence-electron chi connectivity index (χ1n) is 7.12. The number of nitrogens with zero attached hydrogens (tertiary/aromatic N) is 2. The van der Waals surface area contributed by atoms with Crippen molar-refractivity contribution in [3.63, 3.8) is 0 Å². The lowest BCUT2D eigenvalue weighted by molar-refractivity contribution is -0.116. The molecule has 0 bridgehead atoms. The van der Waals surface area contributed by atoms with Gasteiger partial charge in [0.05, 0.1) is 4.88 Å². The summed E-state index contributed by atoms with van der Waals surface area (Å²) in [5.74, 6) is 1.14. The van der Waals surface area contributed by atoms with Crippen molar-refractivity contribution >= 4 is 38.9 Å². The monoisotopic (exact) mass is 391 g/mol. The highest BCUT2D eigenvalue weighted by Crippen LogP contribution is 2.21. The molecule has 0 spiro atoms. The molecule has 7 heteroatoms. The van der Waals surface area contributed by atoms with Crippen LogP contribution in [0.3, 0.4) is 0 Å². The molecule has 2 aromatic heterocycles. The Balaban J connectivity index is 1.46. The van der Waals surface area contributed by atoms with Gasteiger partial charge in [0, 0.05) is 23.0 Å². The first-order chi connectivity index (χ1) is 11.2. The van der Waals surface area contributed by atoms with E-state index >= 15 is 0 Å². The molecule has 1 amide bonds. The number of rotatable bonds is 6. The Morgan fingerprint density at radius 2 is 2.09 bits per heavy atom. The van der Waals surface area contributed by atoms with Gasteiger partial charge >= 0.3 is 0 Å². The number of anilines is 1. The van der Waals surface area contributed by atoms with Gasteiger partial charge in [-0.25, -0.2) is 0 Å². The van der Waals surface area contributed by atoms with Gasteiger partial charge in [-0.1, -0.05) is 27.2 Å². The molecule has 1 N–H and O–H groups in total. The third-order valence-electron chi connectivity index (χ3n) is 3.13. The quantitative estimate of drug-likeness (QED) is 0.670. The summed E-state index contributed by atoms with van der Waals surface area (Å²) in [6, 6.07) is 11.4. The highest BCUT2D eigenvalue weighted by molar-refractivity contribution is 9.10. The highest BCUT2D eigenvalue weighted by atomic mass is 79.9. The second kappa shape index (κ2) is 7.52. The van der Waals surface area contributed by atoms with Crippen molar-refractivity contribution in [3.8, 4) is 10.7 Å². The maximum absolute atomic E-state index is 11.9. The van der Waals surface area contributed by atoms with Crippen molar-refractivity contribution in [3.05, 3.63) is 52.1 Å². The van der Waals surface area contributed by atoms with Gasteiger partial charge in [0.2, 0.25) is 17.6 Å². The van der Waals surface area contributed by atoms with Gasteiger partial charge in [0.15, 0.2) is 0 Å². The van der Waals surface area contributed by atoms with Crippen LogP contribution in [-0.2, 0) is 11.2 Å². The van der Waals surface area contributed by atoms with Crippen LogP contribution in [0.25, 0.3) is 10.7 Å². The summed E-state index contributed by atoms with van der Waals surface area (Å²) >= 11 is 4.93. The predicted molar refractivity (Wildman–Crippen MR) is 93.3 cm³/mol. The van der Waals surface area contributed by atoms with Gasteiger partial charge in [-0.2, -0.15) is 4.98 Å². The second-order valence-electron chi connectivity index (χ2n) is 4.90. The zero-order valence-corrected chi connectivity index (χ0v) is 14.6. The molecule has 0 aliphatic rings. The minimum Gasteiger partial charge on any atom is -0.339 e. The predicted octanol–water partition coefficient (Wildman–Crippen LogP) is 4.52. The molecule has 0 fully saturated rings. The molecule has 0 radical (unpaired) electrons. The van der Waals surface area contributed by atoms with E-state index in [0.29, 0.717) is 31.0 Å². The van der Waals surface area contributed by atoms with Gasteiger partial charge in [-0.15, -0.1) is 11.3 Å². The van der Waals surface area contributed by atoms with Gasteiger partial charge in [0.25, 0.3) is 0 Å². The zero-order chi connectivity index (χ0) is 16.1. The number of halogens is 1. The fourth-order valence-corrected chi connectivity index (χ4v) is 2.93. The standard InChI is InChI=1S/C16H14BrN3O2S/c17-11-6-8-12(9-7-11)18-14(21)4-1-5-15-19-16(20-22-15)13-3-2-10-23-13/h2-3,6-10H,1,4-5H2,(H,18,21). The summed E-state index contributed by atoms with van der Waals surface area (Å²) in [7, 11) is 0. The molecule has 118 valence electrons. The Morgan fingerprint density at radius 1 is 1.26 bits per heavy atom. The number of hydrogen-bond donors (Lipinski definition) is 1. The molecule has 3 rings (SSSR count). The van der Waals surface area contributed by atoms with E-state index in [1.54, 1.807) is 11.3 Å². The van der Waals surface area contributed by atoms with Gasteiger partial charge in [0.1, 0.15) is 0 Å². The molecule has 3 aromatic rings. The van der Waals surface area contributed by atoms with Crippen LogP contribution in [0.15, 0.2) is 50.8 Å². The molecule has 0 aliphatic heterocycles. The molecule has 0 saturated carbocycles. The fraction of sp³-hybridized carbons (Fsp3) is 0.188. The highest BCUT2D eigenvalue weighted by Gasteiger charge is 2.10. The summed E-state index contributed by atoms with van der Waals surface area (Å²) in [6.45, 7) is 0. The van der Waals surface area contributed by atoms with E-state index in [9.17, 15) is 4.79 Å². The first-order valence-corrected chi connectivity index (χ1v) is 8.80. The van der Waals surface area contributed by atoms with Crippen LogP contribution in [0, 0.1) is 0 Å². The second-order valence-corrected chi connectivity index (χ2v) is 6.76. The molecule has 1 aromatic carbocycles. The maximum Gasteiger partial charge on any atom is 0.226 e. The number of nitrogens with one attached hydrogen (secondary N) is 1. The van der Waals surface area contributed by atoms with E-state index in [2.05, 4.69) is 31.4 Å². The van der Waals surface area contributed by atoms with Crippen molar-refractivity contribution in [2.75, 3.05) is 5.32 Å². The first kappa shape index (κ1) is 15.9. The number of hydrogen-bond acceptors (Lipinski definition) is 5. The number of carbonyl (C=O) groups excluding carboxylic acids is 1. The molecule has 5 nitrogen and oxygen atoms in total. The van der Waals surface area contributed by atoms with E-state index in [4.69, 9.17) is 4.52 Å². The summed E-state index contributed by atoms with van der Waals surface area (Å²) in [5.41, 5.74) is 0.788. The normalized spacial score (nSPS) is 10.7. The largest absolute Gasteiger partial charge is 0.339 e. The van der Waals surface area contributed by atoms with Crippen LogP contribution in [0.2, 0.25) is 0 Å².